The van der Waals surface area contributed by atoms with Crippen LogP contribution in [0, 0.1) is 5.82 Å². The Morgan fingerprint density at radius 3 is 2.53 bits per heavy atom. The summed E-state index contributed by atoms with van der Waals surface area (Å²) < 4.78 is 17.9. The highest BCUT2D eigenvalue weighted by Crippen LogP contribution is 2.31. The minimum absolute atomic E-state index is 0.152. The number of methoxy groups -OCH3 is 1. The Hall–Kier alpha value is -1.07. The van der Waals surface area contributed by atoms with Crippen LogP contribution in [0.5, 0.6) is 0 Å². The average molecular weight is 285 g/mol. The molecule has 1 atom stereocenters. The molecule has 0 saturated carbocycles. The Morgan fingerprint density at radius 2 is 2.05 bits per heavy atom. The van der Waals surface area contributed by atoms with Crippen molar-refractivity contribution in [2.45, 2.75) is 18.3 Å². The van der Waals surface area contributed by atoms with Gasteiger partial charge in [0.15, 0.2) is 0 Å². The Kier molecular flexibility index (Phi) is 6.31. The van der Waals surface area contributed by atoms with E-state index in [1.54, 1.807) is 23.9 Å². The van der Waals surface area contributed by atoms with Gasteiger partial charge in [0.05, 0.1) is 7.11 Å². The number of halogens is 1. The fourth-order valence-corrected chi connectivity index (χ4v) is 2.58. The van der Waals surface area contributed by atoms with Crippen LogP contribution in [0.15, 0.2) is 24.3 Å². The van der Waals surface area contributed by atoms with Gasteiger partial charge >= 0.3 is 5.97 Å². The minimum Gasteiger partial charge on any atom is -0.468 e. The molecular formula is C14H20FNO2S. The zero-order valence-corrected chi connectivity index (χ0v) is 12.1. The molecule has 19 heavy (non-hydrogen) atoms. The maximum absolute atomic E-state index is 13.0. The number of benzene rings is 1. The molecule has 0 heterocycles. The van der Waals surface area contributed by atoms with Crippen LogP contribution in [0.2, 0.25) is 0 Å². The van der Waals surface area contributed by atoms with Crippen molar-refractivity contribution in [3.63, 3.8) is 0 Å². The minimum atomic E-state index is -0.877. The predicted molar refractivity (Wildman–Crippen MR) is 76.8 cm³/mol. The van der Waals surface area contributed by atoms with Crippen molar-refractivity contribution in [2.24, 2.45) is 5.73 Å². The molecular weight excluding hydrogens is 265 g/mol. The first-order chi connectivity index (χ1) is 9.10. The van der Waals surface area contributed by atoms with Crippen molar-refractivity contribution >= 4 is 17.7 Å². The third kappa shape index (κ3) is 3.70. The van der Waals surface area contributed by atoms with Gasteiger partial charge in [-0.25, -0.2) is 4.39 Å². The monoisotopic (exact) mass is 285 g/mol. The summed E-state index contributed by atoms with van der Waals surface area (Å²) in [5.41, 5.74) is 5.67. The molecule has 0 aliphatic heterocycles. The van der Waals surface area contributed by atoms with Gasteiger partial charge in [-0.05, 0) is 42.5 Å². The summed E-state index contributed by atoms with van der Waals surface area (Å²) in [6, 6.07) is 5.91. The standard InChI is InChI=1S/C14H20FNO2S/c1-18-13(17)14(10-16,8-3-9-19-2)11-4-6-12(15)7-5-11/h4-7H,3,8-10,16H2,1-2H3. The predicted octanol–water partition coefficient (Wildman–Crippen LogP) is 2.34. The third-order valence-electron chi connectivity index (χ3n) is 3.27. The van der Waals surface area contributed by atoms with E-state index in [0.29, 0.717) is 12.0 Å². The first-order valence-corrected chi connectivity index (χ1v) is 7.53. The number of carbonyl (C=O) groups excluding carboxylic acids is 1. The molecule has 0 aromatic heterocycles. The first kappa shape index (κ1) is 16.0. The van der Waals surface area contributed by atoms with Crippen molar-refractivity contribution < 1.29 is 13.9 Å². The molecule has 1 aromatic carbocycles. The summed E-state index contributed by atoms with van der Waals surface area (Å²) in [5.74, 6) is 0.256. The van der Waals surface area contributed by atoms with E-state index in [9.17, 15) is 9.18 Å². The summed E-state index contributed by atoms with van der Waals surface area (Å²) in [7, 11) is 1.35. The lowest BCUT2D eigenvalue weighted by atomic mass is 9.76. The fourth-order valence-electron chi connectivity index (χ4n) is 2.15. The fraction of sp³-hybridized carbons (Fsp3) is 0.500. The number of carbonyl (C=O) groups is 1. The molecule has 0 fully saturated rings. The summed E-state index contributed by atoms with van der Waals surface area (Å²) in [6.07, 6.45) is 3.47. The highest BCUT2D eigenvalue weighted by molar-refractivity contribution is 7.98. The van der Waals surface area contributed by atoms with E-state index in [1.807, 2.05) is 6.26 Å². The molecule has 0 spiro atoms. The van der Waals surface area contributed by atoms with E-state index in [2.05, 4.69) is 0 Å². The molecule has 0 saturated heterocycles. The SMILES string of the molecule is COC(=O)C(CN)(CCCSC)c1ccc(F)cc1. The summed E-state index contributed by atoms with van der Waals surface area (Å²) in [4.78, 5) is 12.1. The normalized spacial score (nSPS) is 13.9. The number of thioether (sulfide) groups is 1. The molecule has 1 unspecified atom stereocenters. The van der Waals surface area contributed by atoms with E-state index in [0.717, 1.165) is 12.2 Å². The Morgan fingerprint density at radius 1 is 1.42 bits per heavy atom. The Labute approximate surface area is 117 Å². The van der Waals surface area contributed by atoms with E-state index >= 15 is 0 Å². The Bertz CT molecular complexity index is 410. The number of esters is 1. The van der Waals surface area contributed by atoms with Crippen molar-refractivity contribution in [3.05, 3.63) is 35.6 Å². The second-order valence-corrected chi connectivity index (χ2v) is 5.37. The van der Waals surface area contributed by atoms with Crippen LogP contribution in [-0.2, 0) is 14.9 Å². The molecule has 106 valence electrons. The average Bonchev–Trinajstić information content (AvgIpc) is 2.44. The number of ether oxygens (including phenoxy) is 1. The van der Waals surface area contributed by atoms with Crippen LogP contribution >= 0.6 is 11.8 Å². The van der Waals surface area contributed by atoms with Gasteiger partial charge in [-0.3, -0.25) is 4.79 Å². The van der Waals surface area contributed by atoms with Crippen LogP contribution in [0.1, 0.15) is 18.4 Å². The first-order valence-electron chi connectivity index (χ1n) is 6.14. The third-order valence-corrected chi connectivity index (χ3v) is 3.97. The van der Waals surface area contributed by atoms with E-state index in [-0.39, 0.29) is 18.3 Å². The van der Waals surface area contributed by atoms with Crippen LogP contribution in [-0.4, -0.2) is 31.6 Å². The second kappa shape index (κ2) is 7.50. The van der Waals surface area contributed by atoms with Gasteiger partial charge in [0, 0.05) is 6.54 Å². The molecule has 2 N–H and O–H groups in total. The van der Waals surface area contributed by atoms with E-state index in [1.165, 1.54) is 19.2 Å². The largest absolute Gasteiger partial charge is 0.468 e. The topological polar surface area (TPSA) is 52.3 Å². The van der Waals surface area contributed by atoms with Crippen LogP contribution in [0.4, 0.5) is 4.39 Å². The molecule has 0 amide bonds. The summed E-state index contributed by atoms with van der Waals surface area (Å²) in [5, 5.41) is 0. The van der Waals surface area contributed by atoms with Crippen molar-refractivity contribution in [1.29, 1.82) is 0 Å². The zero-order chi connectivity index (χ0) is 14.3. The molecule has 5 heteroatoms. The van der Waals surface area contributed by atoms with Crippen LogP contribution in [0.25, 0.3) is 0 Å². The van der Waals surface area contributed by atoms with Crippen LogP contribution < -0.4 is 5.73 Å². The highest BCUT2D eigenvalue weighted by Gasteiger charge is 2.39. The molecule has 1 rings (SSSR count). The summed E-state index contributed by atoms with van der Waals surface area (Å²) in [6.45, 7) is 0.152. The van der Waals surface area contributed by atoms with Gasteiger partial charge in [0.25, 0.3) is 0 Å². The smallest absolute Gasteiger partial charge is 0.317 e. The lowest BCUT2D eigenvalue weighted by Crippen LogP contribution is -2.44. The Balaban J connectivity index is 3.08. The quantitative estimate of drug-likeness (QED) is 0.617. The van der Waals surface area contributed by atoms with Gasteiger partial charge in [-0.2, -0.15) is 11.8 Å². The lowest BCUT2D eigenvalue weighted by molar-refractivity contribution is -0.147. The highest BCUT2D eigenvalue weighted by atomic mass is 32.2. The maximum atomic E-state index is 13.0. The van der Waals surface area contributed by atoms with E-state index in [4.69, 9.17) is 10.5 Å². The number of rotatable bonds is 7. The summed E-state index contributed by atoms with van der Waals surface area (Å²) >= 11 is 1.72. The molecule has 0 aliphatic rings. The van der Waals surface area contributed by atoms with Crippen molar-refractivity contribution in [3.8, 4) is 0 Å². The van der Waals surface area contributed by atoms with E-state index < -0.39 is 5.41 Å². The zero-order valence-electron chi connectivity index (χ0n) is 11.3. The van der Waals surface area contributed by atoms with Crippen LogP contribution in [0.3, 0.4) is 0 Å². The molecule has 0 radical (unpaired) electrons. The van der Waals surface area contributed by atoms with Crippen molar-refractivity contribution in [1.82, 2.24) is 0 Å². The number of nitrogens with two attached hydrogens (primary N) is 1. The van der Waals surface area contributed by atoms with Gasteiger partial charge in [-0.15, -0.1) is 0 Å². The van der Waals surface area contributed by atoms with Gasteiger partial charge < -0.3 is 10.5 Å². The maximum Gasteiger partial charge on any atom is 0.317 e. The lowest BCUT2D eigenvalue weighted by Gasteiger charge is -2.30. The van der Waals surface area contributed by atoms with Gasteiger partial charge in [-0.1, -0.05) is 12.1 Å². The number of hydrogen-bond acceptors (Lipinski definition) is 4. The van der Waals surface area contributed by atoms with Gasteiger partial charge in [0.1, 0.15) is 11.2 Å². The molecule has 1 aromatic rings. The number of hydrogen-bond donors (Lipinski definition) is 1. The molecule has 3 nitrogen and oxygen atoms in total. The van der Waals surface area contributed by atoms with Gasteiger partial charge in [0.2, 0.25) is 0 Å². The van der Waals surface area contributed by atoms with Crippen molar-refractivity contribution in [2.75, 3.05) is 25.7 Å². The molecule has 0 bridgehead atoms. The molecule has 0 aliphatic carbocycles. The second-order valence-electron chi connectivity index (χ2n) is 4.38.